The smallest absolute Gasteiger partial charge is 0.0834 e. The summed E-state index contributed by atoms with van der Waals surface area (Å²) in [4.78, 5) is 0. The molecule has 0 radical (unpaired) electrons. The molecule has 2 N–H and O–H groups in total. The molecule has 0 aromatic carbocycles. The molecule has 2 aromatic heterocycles. The van der Waals surface area contributed by atoms with Crippen LogP contribution in [0.25, 0.3) is 0 Å². The molecule has 0 fully saturated rings. The molecule has 0 bridgehead atoms. The highest BCUT2D eigenvalue weighted by molar-refractivity contribution is 6.31. The number of aromatic nitrogens is 4. The van der Waals surface area contributed by atoms with Gasteiger partial charge in [0.15, 0.2) is 0 Å². The number of nitrogens with two attached hydrogens (primary N) is 1. The van der Waals surface area contributed by atoms with E-state index in [4.69, 9.17) is 17.3 Å². The van der Waals surface area contributed by atoms with Gasteiger partial charge in [-0.2, -0.15) is 10.2 Å². The average Bonchev–Trinajstić information content (AvgIpc) is 2.85. The molecule has 19 heavy (non-hydrogen) atoms. The molecule has 6 heteroatoms. The van der Waals surface area contributed by atoms with Crippen LogP contribution < -0.4 is 5.73 Å². The van der Waals surface area contributed by atoms with Crippen LogP contribution in [0.4, 0.5) is 0 Å². The van der Waals surface area contributed by atoms with Gasteiger partial charge in [0, 0.05) is 19.3 Å². The van der Waals surface area contributed by atoms with Gasteiger partial charge in [-0.05, 0) is 32.8 Å². The maximum atomic E-state index is 6.31. The first kappa shape index (κ1) is 14.1. The van der Waals surface area contributed by atoms with Crippen LogP contribution in [0.5, 0.6) is 0 Å². The number of hydrogen-bond acceptors (Lipinski definition) is 3. The highest BCUT2D eigenvalue weighted by Crippen LogP contribution is 2.26. The van der Waals surface area contributed by atoms with Crippen LogP contribution >= 0.6 is 11.6 Å². The van der Waals surface area contributed by atoms with E-state index in [9.17, 15) is 0 Å². The predicted molar refractivity (Wildman–Crippen MR) is 76.2 cm³/mol. The summed E-state index contributed by atoms with van der Waals surface area (Å²) < 4.78 is 3.74. The van der Waals surface area contributed by atoms with Gasteiger partial charge >= 0.3 is 0 Å². The largest absolute Gasteiger partial charge is 0.322 e. The maximum Gasteiger partial charge on any atom is 0.0834 e. The van der Waals surface area contributed by atoms with E-state index in [2.05, 4.69) is 17.1 Å². The van der Waals surface area contributed by atoms with E-state index >= 15 is 0 Å². The van der Waals surface area contributed by atoms with E-state index < -0.39 is 0 Å². The van der Waals surface area contributed by atoms with Crippen LogP contribution in [-0.2, 0) is 20.0 Å². The molecule has 0 aliphatic rings. The van der Waals surface area contributed by atoms with Crippen molar-refractivity contribution >= 4 is 11.6 Å². The molecule has 0 aliphatic heterocycles. The van der Waals surface area contributed by atoms with Gasteiger partial charge in [-0.1, -0.05) is 11.6 Å². The van der Waals surface area contributed by atoms with Crippen LogP contribution in [0, 0.1) is 13.8 Å². The summed E-state index contributed by atoms with van der Waals surface area (Å²) in [6.45, 7) is 6.86. The van der Waals surface area contributed by atoms with E-state index in [1.807, 2.05) is 30.3 Å². The van der Waals surface area contributed by atoms with Gasteiger partial charge in [0.05, 0.1) is 28.6 Å². The Morgan fingerprint density at radius 1 is 1.42 bits per heavy atom. The lowest BCUT2D eigenvalue weighted by Crippen LogP contribution is -2.19. The highest BCUT2D eigenvalue weighted by Gasteiger charge is 2.20. The monoisotopic (exact) mass is 281 g/mol. The minimum atomic E-state index is -0.170. The van der Waals surface area contributed by atoms with Gasteiger partial charge in [0.2, 0.25) is 0 Å². The van der Waals surface area contributed by atoms with Crippen LogP contribution in [0.1, 0.15) is 35.6 Å². The summed E-state index contributed by atoms with van der Waals surface area (Å²) in [5.74, 6) is 0. The minimum absolute atomic E-state index is 0.170. The number of aryl methyl sites for hydroxylation is 3. The van der Waals surface area contributed by atoms with Crippen molar-refractivity contribution in [2.75, 3.05) is 0 Å². The molecule has 1 unspecified atom stereocenters. The highest BCUT2D eigenvalue weighted by atomic mass is 35.5. The molecule has 0 saturated carbocycles. The molecule has 104 valence electrons. The predicted octanol–water partition coefficient (Wildman–Crippen LogP) is 2.15. The Balaban J connectivity index is 2.30. The van der Waals surface area contributed by atoms with Gasteiger partial charge < -0.3 is 5.73 Å². The Bertz CT molecular complexity index is 584. The molecule has 1 atom stereocenters. The molecule has 2 rings (SSSR count). The summed E-state index contributed by atoms with van der Waals surface area (Å²) in [6, 6.07) is -0.170. The minimum Gasteiger partial charge on any atom is -0.322 e. The van der Waals surface area contributed by atoms with Crippen molar-refractivity contribution < 1.29 is 0 Å². The zero-order valence-electron chi connectivity index (χ0n) is 11.8. The summed E-state index contributed by atoms with van der Waals surface area (Å²) in [5.41, 5.74) is 10.6. The second-order valence-electron chi connectivity index (χ2n) is 4.78. The molecular formula is C13H20ClN5. The summed E-state index contributed by atoms with van der Waals surface area (Å²) in [7, 11) is 1.95. The van der Waals surface area contributed by atoms with Gasteiger partial charge in [-0.3, -0.25) is 9.36 Å². The van der Waals surface area contributed by atoms with Crippen molar-refractivity contribution in [3.05, 3.63) is 33.9 Å². The Hall–Kier alpha value is -1.33. The van der Waals surface area contributed by atoms with Crippen molar-refractivity contribution in [1.29, 1.82) is 0 Å². The Morgan fingerprint density at radius 3 is 2.63 bits per heavy atom. The third-order valence-electron chi connectivity index (χ3n) is 3.57. The number of rotatable bonds is 4. The van der Waals surface area contributed by atoms with E-state index in [1.54, 1.807) is 6.20 Å². The normalized spacial score (nSPS) is 12.9. The lowest BCUT2D eigenvalue weighted by atomic mass is 10.0. The SMILES string of the molecule is CCn1ncc(Cl)c1C(N)Cc1c(C)nn(C)c1C. The standard InChI is InChI=1S/C13H20ClN5/c1-5-19-13(11(14)7-16-19)12(15)6-10-8(2)17-18(4)9(10)3/h7,12H,5-6,15H2,1-4H3. The quantitative estimate of drug-likeness (QED) is 0.934. The maximum absolute atomic E-state index is 6.31. The third kappa shape index (κ3) is 2.53. The molecule has 5 nitrogen and oxygen atoms in total. The van der Waals surface area contributed by atoms with Gasteiger partial charge in [-0.25, -0.2) is 0 Å². The second-order valence-corrected chi connectivity index (χ2v) is 5.18. The third-order valence-corrected chi connectivity index (χ3v) is 3.86. The topological polar surface area (TPSA) is 61.7 Å². The van der Waals surface area contributed by atoms with E-state index in [0.29, 0.717) is 5.02 Å². The van der Waals surface area contributed by atoms with Crippen molar-refractivity contribution in [1.82, 2.24) is 19.6 Å². The fraction of sp³-hybridized carbons (Fsp3) is 0.538. The van der Waals surface area contributed by atoms with Gasteiger partial charge in [0.25, 0.3) is 0 Å². The molecular weight excluding hydrogens is 262 g/mol. The summed E-state index contributed by atoms with van der Waals surface area (Å²) in [6.07, 6.45) is 2.38. The zero-order valence-corrected chi connectivity index (χ0v) is 12.6. The first-order valence-electron chi connectivity index (χ1n) is 6.41. The summed E-state index contributed by atoms with van der Waals surface area (Å²) in [5, 5.41) is 9.28. The number of halogens is 1. The number of nitrogens with zero attached hydrogens (tertiary/aromatic N) is 4. The van der Waals surface area contributed by atoms with E-state index in [0.717, 1.165) is 30.0 Å². The molecule has 0 spiro atoms. The first-order valence-corrected chi connectivity index (χ1v) is 6.79. The van der Waals surface area contributed by atoms with Crippen LogP contribution in [-0.4, -0.2) is 19.6 Å². The zero-order chi connectivity index (χ0) is 14.2. The van der Waals surface area contributed by atoms with E-state index in [1.165, 1.54) is 5.56 Å². The van der Waals surface area contributed by atoms with Crippen molar-refractivity contribution in [3.63, 3.8) is 0 Å². The van der Waals surface area contributed by atoms with Gasteiger partial charge in [-0.15, -0.1) is 0 Å². The summed E-state index contributed by atoms with van der Waals surface area (Å²) >= 11 is 6.19. The molecule has 0 amide bonds. The van der Waals surface area contributed by atoms with Crippen LogP contribution in [0.2, 0.25) is 5.02 Å². The molecule has 0 saturated heterocycles. The van der Waals surface area contributed by atoms with Crippen molar-refractivity contribution in [2.24, 2.45) is 12.8 Å². The second kappa shape index (κ2) is 5.35. The lowest BCUT2D eigenvalue weighted by molar-refractivity contribution is 0.567. The average molecular weight is 282 g/mol. The molecule has 0 aliphatic carbocycles. The van der Waals surface area contributed by atoms with Crippen molar-refractivity contribution in [2.45, 2.75) is 39.8 Å². The Labute approximate surface area is 118 Å². The number of hydrogen-bond donors (Lipinski definition) is 1. The van der Waals surface area contributed by atoms with Crippen LogP contribution in [0.3, 0.4) is 0 Å². The van der Waals surface area contributed by atoms with Gasteiger partial charge in [0.1, 0.15) is 0 Å². The first-order chi connectivity index (χ1) is 8.95. The lowest BCUT2D eigenvalue weighted by Gasteiger charge is -2.14. The Kier molecular flexibility index (Phi) is 3.96. The molecule has 2 aromatic rings. The molecule has 2 heterocycles. The van der Waals surface area contributed by atoms with Crippen molar-refractivity contribution in [3.8, 4) is 0 Å². The van der Waals surface area contributed by atoms with Crippen LogP contribution in [0.15, 0.2) is 6.20 Å². The van der Waals surface area contributed by atoms with E-state index in [-0.39, 0.29) is 6.04 Å². The fourth-order valence-electron chi connectivity index (χ4n) is 2.42. The Morgan fingerprint density at radius 2 is 2.11 bits per heavy atom. The fourth-order valence-corrected chi connectivity index (χ4v) is 2.70.